The molecule has 2 aromatic rings. The summed E-state index contributed by atoms with van der Waals surface area (Å²) in [6.07, 6.45) is -1.19. The lowest BCUT2D eigenvalue weighted by Crippen LogP contribution is -2.40. The van der Waals surface area contributed by atoms with E-state index in [1.165, 1.54) is 11.8 Å². The van der Waals surface area contributed by atoms with E-state index in [1.807, 2.05) is 0 Å². The number of rotatable bonds is 16. The van der Waals surface area contributed by atoms with E-state index in [2.05, 4.69) is 5.32 Å². The first-order valence-corrected chi connectivity index (χ1v) is 12.1. The zero-order valence-corrected chi connectivity index (χ0v) is 21.2. The Labute approximate surface area is 218 Å². The number of nitrogens with zero attached hydrogens (tertiary/aromatic N) is 1. The van der Waals surface area contributed by atoms with E-state index in [-0.39, 0.29) is 45.0 Å². The molecule has 38 heavy (non-hydrogen) atoms. The second kappa shape index (κ2) is 15.1. The number of alkyl halides is 2. The molecule has 0 aliphatic rings. The molecular formula is C26H32F4N2O6. The highest BCUT2D eigenvalue weighted by atomic mass is 19.3. The monoisotopic (exact) mass is 544 g/mol. The number of anilines is 1. The zero-order valence-electron chi connectivity index (χ0n) is 21.2. The number of hydrogen-bond donors (Lipinski definition) is 2. The maximum atomic E-state index is 14.0. The molecule has 12 heteroatoms. The van der Waals surface area contributed by atoms with Gasteiger partial charge < -0.3 is 29.5 Å². The summed E-state index contributed by atoms with van der Waals surface area (Å²) in [5, 5.41) is 11.5. The van der Waals surface area contributed by atoms with Gasteiger partial charge in [-0.3, -0.25) is 0 Å². The van der Waals surface area contributed by atoms with Gasteiger partial charge in [-0.25, -0.2) is 27.2 Å². The summed E-state index contributed by atoms with van der Waals surface area (Å²) in [5.74, 6) is -5.39. The van der Waals surface area contributed by atoms with Crippen LogP contribution in [0.4, 0.5) is 28.0 Å². The summed E-state index contributed by atoms with van der Waals surface area (Å²) in [7, 11) is 0. The maximum Gasteiger partial charge on any atom is 0.333 e. The standard InChI is InChI=1S/C26H32F4N2O6/c1-3-26(29,30)17-36-13-11-32(25(35)31-22-10-7-19(27)16-21(22)28)12-14-38-20-8-5-18(6-9-20)15-23(24(33)34)37-4-2/h5-10,16,23H,3-4,11-15,17H2,1-2H3,(H,31,35)(H,33,34). The second-order valence-corrected chi connectivity index (χ2v) is 8.28. The molecule has 0 aliphatic heterocycles. The Morgan fingerprint density at radius 3 is 2.34 bits per heavy atom. The first-order chi connectivity index (χ1) is 18.0. The third kappa shape index (κ3) is 10.5. The van der Waals surface area contributed by atoms with E-state index < -0.39 is 48.7 Å². The van der Waals surface area contributed by atoms with Crippen molar-refractivity contribution in [3.8, 4) is 5.75 Å². The van der Waals surface area contributed by atoms with Gasteiger partial charge in [-0.2, -0.15) is 0 Å². The fourth-order valence-corrected chi connectivity index (χ4v) is 3.23. The molecule has 0 heterocycles. The van der Waals surface area contributed by atoms with Crippen molar-refractivity contribution in [2.45, 2.75) is 38.7 Å². The number of ether oxygens (including phenoxy) is 3. The third-order valence-corrected chi connectivity index (χ3v) is 5.41. The average Bonchev–Trinajstić information content (AvgIpc) is 2.87. The van der Waals surface area contributed by atoms with Gasteiger partial charge >= 0.3 is 12.0 Å². The van der Waals surface area contributed by atoms with Crippen LogP contribution in [0.5, 0.6) is 5.75 Å². The fourth-order valence-electron chi connectivity index (χ4n) is 3.23. The molecule has 0 saturated carbocycles. The van der Waals surface area contributed by atoms with Crippen LogP contribution in [0.1, 0.15) is 25.8 Å². The number of benzene rings is 2. The molecule has 0 saturated heterocycles. The number of urea groups is 1. The van der Waals surface area contributed by atoms with Crippen LogP contribution in [0.25, 0.3) is 0 Å². The first kappa shape index (κ1) is 30.8. The van der Waals surface area contributed by atoms with Crippen molar-refractivity contribution in [1.82, 2.24) is 4.90 Å². The van der Waals surface area contributed by atoms with Crippen molar-refractivity contribution in [3.63, 3.8) is 0 Å². The van der Waals surface area contributed by atoms with Crippen molar-refractivity contribution in [1.29, 1.82) is 0 Å². The molecule has 0 aliphatic carbocycles. The summed E-state index contributed by atoms with van der Waals surface area (Å²) in [5.41, 5.74) is 0.476. The molecule has 0 radical (unpaired) electrons. The smallest absolute Gasteiger partial charge is 0.333 e. The van der Waals surface area contributed by atoms with Crippen LogP contribution in [0.3, 0.4) is 0 Å². The van der Waals surface area contributed by atoms with Crippen LogP contribution in [-0.4, -0.2) is 73.6 Å². The molecule has 0 aromatic heterocycles. The Bertz CT molecular complexity index is 1040. The maximum absolute atomic E-state index is 14.0. The number of carbonyl (C=O) groups is 2. The quantitative estimate of drug-likeness (QED) is 0.229. The molecule has 2 N–H and O–H groups in total. The van der Waals surface area contributed by atoms with E-state index in [4.69, 9.17) is 14.2 Å². The van der Waals surface area contributed by atoms with Crippen LogP contribution >= 0.6 is 0 Å². The lowest BCUT2D eigenvalue weighted by Gasteiger charge is -2.24. The largest absolute Gasteiger partial charge is 0.492 e. The van der Waals surface area contributed by atoms with Gasteiger partial charge in [0.25, 0.3) is 5.92 Å². The molecule has 0 spiro atoms. The van der Waals surface area contributed by atoms with Crippen molar-refractivity contribution >= 4 is 17.7 Å². The molecule has 2 aromatic carbocycles. The van der Waals surface area contributed by atoms with Crippen molar-refractivity contribution in [2.75, 3.05) is 44.8 Å². The van der Waals surface area contributed by atoms with Gasteiger partial charge in [0.2, 0.25) is 0 Å². The highest BCUT2D eigenvalue weighted by Gasteiger charge is 2.26. The highest BCUT2D eigenvalue weighted by Crippen LogP contribution is 2.19. The van der Waals surface area contributed by atoms with E-state index in [0.29, 0.717) is 11.8 Å². The number of aliphatic carboxylic acids is 1. The predicted octanol–water partition coefficient (Wildman–Crippen LogP) is 4.97. The van der Waals surface area contributed by atoms with Crippen molar-refractivity contribution < 1.29 is 46.5 Å². The van der Waals surface area contributed by atoms with Gasteiger partial charge in [0, 0.05) is 32.1 Å². The number of halogens is 4. The summed E-state index contributed by atoms with van der Waals surface area (Å²) in [6.45, 7) is 2.20. The zero-order chi connectivity index (χ0) is 28.1. The molecule has 2 rings (SSSR count). The number of carbonyl (C=O) groups excluding carboxylic acids is 1. The molecule has 8 nitrogen and oxygen atoms in total. The topological polar surface area (TPSA) is 97.3 Å². The number of nitrogens with one attached hydrogen (secondary N) is 1. The van der Waals surface area contributed by atoms with Crippen LogP contribution in [-0.2, 0) is 20.7 Å². The molecule has 0 bridgehead atoms. The van der Waals surface area contributed by atoms with E-state index >= 15 is 0 Å². The van der Waals surface area contributed by atoms with Crippen LogP contribution < -0.4 is 10.1 Å². The Morgan fingerprint density at radius 2 is 1.74 bits per heavy atom. The van der Waals surface area contributed by atoms with Crippen molar-refractivity contribution in [3.05, 3.63) is 59.7 Å². The van der Waals surface area contributed by atoms with E-state index in [0.717, 1.165) is 17.7 Å². The molecule has 210 valence electrons. The van der Waals surface area contributed by atoms with Gasteiger partial charge in [-0.15, -0.1) is 0 Å². The lowest BCUT2D eigenvalue weighted by atomic mass is 10.1. The molecule has 2 amide bonds. The number of carboxylic acids is 1. The van der Waals surface area contributed by atoms with Gasteiger partial charge in [0.1, 0.15) is 30.6 Å². The van der Waals surface area contributed by atoms with Crippen LogP contribution in [0.2, 0.25) is 0 Å². The molecule has 1 atom stereocenters. The molecule has 0 fully saturated rings. The van der Waals surface area contributed by atoms with Gasteiger partial charge in [0.15, 0.2) is 6.10 Å². The minimum Gasteiger partial charge on any atom is -0.492 e. The number of amides is 2. The SMILES string of the molecule is CCOC(Cc1ccc(OCCN(CCOCC(F)(F)CC)C(=O)Nc2ccc(F)cc2F)cc1)C(=O)O. The van der Waals surface area contributed by atoms with E-state index in [1.54, 1.807) is 31.2 Å². The minimum absolute atomic E-state index is 0.000479. The average molecular weight is 545 g/mol. The summed E-state index contributed by atoms with van der Waals surface area (Å²) < 4.78 is 69.9. The Kier molecular flexibility index (Phi) is 12.3. The highest BCUT2D eigenvalue weighted by molar-refractivity contribution is 5.89. The molecule has 1 unspecified atom stereocenters. The van der Waals surface area contributed by atoms with Gasteiger partial charge in [-0.05, 0) is 36.8 Å². The van der Waals surface area contributed by atoms with Gasteiger partial charge in [0.05, 0.1) is 18.8 Å². The second-order valence-electron chi connectivity index (χ2n) is 8.28. The summed E-state index contributed by atoms with van der Waals surface area (Å²) in [4.78, 5) is 25.2. The predicted molar refractivity (Wildman–Crippen MR) is 132 cm³/mol. The molecular weight excluding hydrogens is 512 g/mol. The van der Waals surface area contributed by atoms with Gasteiger partial charge in [-0.1, -0.05) is 19.1 Å². The number of hydrogen-bond acceptors (Lipinski definition) is 5. The third-order valence-electron chi connectivity index (χ3n) is 5.41. The number of carboxylic acid groups (broad SMARTS) is 1. The van der Waals surface area contributed by atoms with Crippen molar-refractivity contribution in [2.24, 2.45) is 0 Å². The fraction of sp³-hybridized carbons (Fsp3) is 0.462. The first-order valence-electron chi connectivity index (χ1n) is 12.1. The Balaban J connectivity index is 1.96. The van der Waals surface area contributed by atoms with E-state index in [9.17, 15) is 32.3 Å². The lowest BCUT2D eigenvalue weighted by molar-refractivity contribution is -0.149. The summed E-state index contributed by atoms with van der Waals surface area (Å²) in [6, 6.07) is 8.56. The van der Waals surface area contributed by atoms with Crippen LogP contribution in [0, 0.1) is 11.6 Å². The minimum atomic E-state index is -2.99. The normalized spacial score (nSPS) is 12.2. The summed E-state index contributed by atoms with van der Waals surface area (Å²) >= 11 is 0. The van der Waals surface area contributed by atoms with Crippen LogP contribution in [0.15, 0.2) is 42.5 Å². The Hall–Kier alpha value is -3.38. The Morgan fingerprint density at radius 1 is 1.05 bits per heavy atom.